The quantitative estimate of drug-likeness (QED) is 0.626. The van der Waals surface area contributed by atoms with Crippen LogP contribution in [0.25, 0.3) is 0 Å². The first-order chi connectivity index (χ1) is 8.18. The van der Waals surface area contributed by atoms with E-state index in [0.717, 1.165) is 18.8 Å². The highest BCUT2D eigenvalue weighted by Crippen LogP contribution is 2.19. The molecular weight excluding hydrogens is 210 g/mol. The van der Waals surface area contributed by atoms with Crippen LogP contribution < -0.4 is 5.32 Å². The van der Waals surface area contributed by atoms with Gasteiger partial charge in [0.25, 0.3) is 0 Å². The predicted molar refractivity (Wildman–Crippen MR) is 70.9 cm³/mol. The van der Waals surface area contributed by atoms with Crippen LogP contribution in [0.4, 0.5) is 0 Å². The van der Waals surface area contributed by atoms with Crippen LogP contribution in [0.15, 0.2) is 11.6 Å². The van der Waals surface area contributed by atoms with Gasteiger partial charge >= 0.3 is 0 Å². The van der Waals surface area contributed by atoms with E-state index in [0.29, 0.717) is 0 Å². The number of nitrogens with zero attached hydrogens (tertiary/aromatic N) is 2. The zero-order chi connectivity index (χ0) is 12.3. The van der Waals surface area contributed by atoms with Crippen molar-refractivity contribution in [1.82, 2.24) is 15.1 Å². The minimum atomic E-state index is 0.943. The van der Waals surface area contributed by atoms with Gasteiger partial charge < -0.3 is 5.32 Å². The van der Waals surface area contributed by atoms with Crippen LogP contribution >= 0.6 is 0 Å². The molecule has 0 atom stereocenters. The van der Waals surface area contributed by atoms with Crippen LogP contribution in [0, 0.1) is 13.8 Å². The van der Waals surface area contributed by atoms with E-state index in [-0.39, 0.29) is 0 Å². The lowest BCUT2D eigenvalue weighted by atomic mass is 10.1. The van der Waals surface area contributed by atoms with Gasteiger partial charge in [0.05, 0.1) is 5.69 Å². The number of hydrogen-bond acceptors (Lipinski definition) is 2. The summed E-state index contributed by atoms with van der Waals surface area (Å²) in [6.07, 6.45) is 7.57. The molecule has 2 rings (SSSR count). The molecule has 1 aromatic heterocycles. The third-order valence-electron chi connectivity index (χ3n) is 3.72. The van der Waals surface area contributed by atoms with Crippen LogP contribution in [0.2, 0.25) is 0 Å². The van der Waals surface area contributed by atoms with Crippen molar-refractivity contribution in [3.05, 3.63) is 28.6 Å². The second-order valence-corrected chi connectivity index (χ2v) is 4.95. The molecule has 0 bridgehead atoms. The Bertz CT molecular complexity index is 415. The molecule has 94 valence electrons. The summed E-state index contributed by atoms with van der Waals surface area (Å²) < 4.78 is 1.96. The van der Waals surface area contributed by atoms with Gasteiger partial charge in [0, 0.05) is 24.8 Å². The van der Waals surface area contributed by atoms with Crippen molar-refractivity contribution < 1.29 is 0 Å². The first-order valence-corrected chi connectivity index (χ1v) is 6.56. The van der Waals surface area contributed by atoms with E-state index in [9.17, 15) is 0 Å². The highest BCUT2D eigenvalue weighted by atomic mass is 15.3. The first-order valence-electron chi connectivity index (χ1n) is 6.56. The molecule has 17 heavy (non-hydrogen) atoms. The SMILES string of the molecule is Cc1nn(C)c(C)c1CNCCC1=CCCC1. The highest BCUT2D eigenvalue weighted by Gasteiger charge is 2.08. The van der Waals surface area contributed by atoms with Gasteiger partial charge in [-0.05, 0) is 46.1 Å². The van der Waals surface area contributed by atoms with Gasteiger partial charge in [-0.2, -0.15) is 5.10 Å². The standard InChI is InChI=1S/C14H23N3/c1-11-14(12(2)17(3)16-11)10-15-9-8-13-6-4-5-7-13/h6,15H,4-5,7-10H2,1-3H3. The van der Waals surface area contributed by atoms with Crippen LogP contribution in [0.3, 0.4) is 0 Å². The number of aromatic nitrogens is 2. The summed E-state index contributed by atoms with van der Waals surface area (Å²) in [4.78, 5) is 0. The number of nitrogens with one attached hydrogen (secondary N) is 1. The third-order valence-corrected chi connectivity index (χ3v) is 3.72. The summed E-state index contributed by atoms with van der Waals surface area (Å²) >= 11 is 0. The van der Waals surface area contributed by atoms with E-state index < -0.39 is 0 Å². The second kappa shape index (κ2) is 5.50. The normalized spacial score (nSPS) is 15.4. The summed E-state index contributed by atoms with van der Waals surface area (Å²) in [6, 6.07) is 0. The van der Waals surface area contributed by atoms with Crippen molar-refractivity contribution in [2.45, 2.75) is 46.1 Å². The van der Waals surface area contributed by atoms with Gasteiger partial charge in [-0.1, -0.05) is 11.6 Å². The Balaban J connectivity index is 1.78. The van der Waals surface area contributed by atoms with Gasteiger partial charge in [-0.25, -0.2) is 0 Å². The Morgan fingerprint density at radius 2 is 2.24 bits per heavy atom. The van der Waals surface area contributed by atoms with E-state index in [1.807, 2.05) is 11.7 Å². The Morgan fingerprint density at radius 1 is 1.41 bits per heavy atom. The minimum absolute atomic E-state index is 0.943. The molecule has 1 aliphatic rings. The largest absolute Gasteiger partial charge is 0.312 e. The fourth-order valence-corrected chi connectivity index (χ4v) is 2.50. The third kappa shape index (κ3) is 2.97. The maximum atomic E-state index is 4.43. The summed E-state index contributed by atoms with van der Waals surface area (Å²) in [5.74, 6) is 0. The summed E-state index contributed by atoms with van der Waals surface area (Å²) in [5.41, 5.74) is 5.41. The molecule has 1 aliphatic carbocycles. The first kappa shape index (κ1) is 12.4. The van der Waals surface area contributed by atoms with Crippen molar-refractivity contribution in [3.63, 3.8) is 0 Å². The molecule has 3 heteroatoms. The van der Waals surface area contributed by atoms with Crippen molar-refractivity contribution in [1.29, 1.82) is 0 Å². The zero-order valence-electron chi connectivity index (χ0n) is 11.2. The number of hydrogen-bond donors (Lipinski definition) is 1. The minimum Gasteiger partial charge on any atom is -0.312 e. The topological polar surface area (TPSA) is 29.9 Å². The fraction of sp³-hybridized carbons (Fsp3) is 0.643. The summed E-state index contributed by atoms with van der Waals surface area (Å²) in [5, 5.41) is 7.96. The van der Waals surface area contributed by atoms with Gasteiger partial charge in [0.1, 0.15) is 0 Å². The number of aryl methyl sites for hydroxylation is 2. The Hall–Kier alpha value is -1.09. The lowest BCUT2D eigenvalue weighted by molar-refractivity contribution is 0.669. The average Bonchev–Trinajstić information content (AvgIpc) is 2.87. The molecule has 0 spiro atoms. The molecule has 0 unspecified atom stereocenters. The van der Waals surface area contributed by atoms with Crippen LogP contribution in [-0.4, -0.2) is 16.3 Å². The van der Waals surface area contributed by atoms with Crippen molar-refractivity contribution in [3.8, 4) is 0 Å². The molecule has 1 aromatic rings. The Morgan fingerprint density at radius 3 is 2.82 bits per heavy atom. The van der Waals surface area contributed by atoms with Gasteiger partial charge in [-0.15, -0.1) is 0 Å². The molecule has 0 amide bonds. The Labute approximate surface area is 104 Å². The second-order valence-electron chi connectivity index (χ2n) is 4.95. The lowest BCUT2D eigenvalue weighted by Gasteiger charge is -2.06. The van der Waals surface area contributed by atoms with E-state index in [4.69, 9.17) is 0 Å². The Kier molecular flexibility index (Phi) is 4.00. The summed E-state index contributed by atoms with van der Waals surface area (Å²) in [7, 11) is 2.01. The van der Waals surface area contributed by atoms with E-state index in [1.165, 1.54) is 36.9 Å². The maximum absolute atomic E-state index is 4.43. The number of allylic oxidation sites excluding steroid dienone is 1. The molecule has 0 saturated carbocycles. The van der Waals surface area contributed by atoms with Crippen molar-refractivity contribution in [2.24, 2.45) is 7.05 Å². The molecule has 1 heterocycles. The predicted octanol–water partition coefficient (Wildman–Crippen LogP) is 2.63. The number of rotatable bonds is 5. The van der Waals surface area contributed by atoms with Crippen molar-refractivity contribution in [2.75, 3.05) is 6.54 Å². The van der Waals surface area contributed by atoms with Crippen LogP contribution in [0.1, 0.15) is 42.6 Å². The molecule has 0 aliphatic heterocycles. The van der Waals surface area contributed by atoms with Gasteiger partial charge in [-0.3, -0.25) is 4.68 Å². The van der Waals surface area contributed by atoms with Crippen molar-refractivity contribution >= 4 is 0 Å². The average molecular weight is 233 g/mol. The lowest BCUT2D eigenvalue weighted by Crippen LogP contribution is -2.16. The monoisotopic (exact) mass is 233 g/mol. The summed E-state index contributed by atoms with van der Waals surface area (Å²) in [6.45, 7) is 6.25. The van der Waals surface area contributed by atoms with E-state index >= 15 is 0 Å². The van der Waals surface area contributed by atoms with Crippen LogP contribution in [0.5, 0.6) is 0 Å². The van der Waals surface area contributed by atoms with E-state index in [1.54, 1.807) is 5.57 Å². The molecule has 0 fully saturated rings. The van der Waals surface area contributed by atoms with Gasteiger partial charge in [0.2, 0.25) is 0 Å². The molecule has 0 radical (unpaired) electrons. The maximum Gasteiger partial charge on any atom is 0.0641 e. The fourth-order valence-electron chi connectivity index (χ4n) is 2.50. The smallest absolute Gasteiger partial charge is 0.0641 e. The molecular formula is C14H23N3. The highest BCUT2D eigenvalue weighted by molar-refractivity contribution is 5.24. The molecule has 3 nitrogen and oxygen atoms in total. The van der Waals surface area contributed by atoms with Crippen LogP contribution in [-0.2, 0) is 13.6 Å². The van der Waals surface area contributed by atoms with Gasteiger partial charge in [0.15, 0.2) is 0 Å². The molecule has 0 aromatic carbocycles. The van der Waals surface area contributed by atoms with E-state index in [2.05, 4.69) is 30.3 Å². The molecule has 0 saturated heterocycles. The molecule has 1 N–H and O–H groups in total. The zero-order valence-corrected chi connectivity index (χ0v) is 11.2.